The van der Waals surface area contributed by atoms with E-state index in [1.165, 1.54) is 13.3 Å². The molecule has 0 aromatic heterocycles. The summed E-state index contributed by atoms with van der Waals surface area (Å²) in [5, 5.41) is 12.5. The molecule has 0 aliphatic heterocycles. The van der Waals surface area contributed by atoms with Gasteiger partial charge in [-0.3, -0.25) is 4.79 Å². The molecule has 0 unspecified atom stereocenters. The molecule has 1 N–H and O–H groups in total. The monoisotopic (exact) mass is 267 g/mol. The molecule has 0 heterocycles. The zero-order valence-electron chi connectivity index (χ0n) is 10.0. The molecule has 0 amide bonds. The van der Waals surface area contributed by atoms with Crippen molar-refractivity contribution in [3.05, 3.63) is 34.3 Å². The van der Waals surface area contributed by atoms with Gasteiger partial charge in [-0.25, -0.2) is 0 Å². The largest absolute Gasteiger partial charge is 0.468 e. The van der Waals surface area contributed by atoms with E-state index in [0.29, 0.717) is 11.4 Å². The lowest BCUT2D eigenvalue weighted by molar-refractivity contribution is -0.145. The summed E-state index contributed by atoms with van der Waals surface area (Å²) in [6.45, 7) is 0. The molecule has 1 aromatic carbocycles. The van der Waals surface area contributed by atoms with Crippen molar-refractivity contribution < 1.29 is 14.7 Å². The number of hydrogen-bond acceptors (Lipinski definition) is 4. The van der Waals surface area contributed by atoms with Gasteiger partial charge in [0.1, 0.15) is 5.41 Å². The number of oxime groups is 1. The van der Waals surface area contributed by atoms with Gasteiger partial charge >= 0.3 is 5.97 Å². The Labute approximate surface area is 110 Å². The van der Waals surface area contributed by atoms with Crippen LogP contribution in [-0.2, 0) is 21.4 Å². The van der Waals surface area contributed by atoms with Crippen LogP contribution < -0.4 is 0 Å². The molecule has 0 radical (unpaired) electrons. The van der Waals surface area contributed by atoms with Gasteiger partial charge in [-0.2, -0.15) is 0 Å². The molecular formula is C13H14ClNO3. The summed E-state index contributed by atoms with van der Waals surface area (Å²) in [5.41, 5.74) is 0.809. The number of nitrogens with zero attached hydrogens (tertiary/aromatic N) is 1. The Bertz CT molecular complexity index is 501. The highest BCUT2D eigenvalue weighted by molar-refractivity contribution is 6.30. The first-order valence-corrected chi connectivity index (χ1v) is 6.08. The molecule has 0 spiro atoms. The number of halogens is 1. The van der Waals surface area contributed by atoms with Crippen LogP contribution in [0, 0.1) is 0 Å². The summed E-state index contributed by atoms with van der Waals surface area (Å²) >= 11 is 5.96. The van der Waals surface area contributed by atoms with E-state index in [1.807, 2.05) is 6.07 Å². The van der Waals surface area contributed by atoms with Crippen molar-refractivity contribution in [1.29, 1.82) is 0 Å². The number of carbonyl (C=O) groups excluding carboxylic acids is 1. The number of aryl methyl sites for hydroxylation is 1. The molecule has 0 saturated heterocycles. The Kier molecular flexibility index (Phi) is 3.57. The van der Waals surface area contributed by atoms with Crippen LogP contribution in [0.15, 0.2) is 23.4 Å². The van der Waals surface area contributed by atoms with Gasteiger partial charge in [-0.1, -0.05) is 17.7 Å². The highest BCUT2D eigenvalue weighted by Gasteiger charge is 2.43. The summed E-state index contributed by atoms with van der Waals surface area (Å²) in [7, 11) is 1.33. The average Bonchev–Trinajstić information content (AvgIpc) is 2.37. The van der Waals surface area contributed by atoms with Gasteiger partial charge in [0.05, 0.1) is 13.3 Å². The minimum absolute atomic E-state index is 0.413. The van der Waals surface area contributed by atoms with Crippen molar-refractivity contribution in [2.24, 2.45) is 5.16 Å². The van der Waals surface area contributed by atoms with Gasteiger partial charge in [0, 0.05) is 5.02 Å². The predicted octanol–water partition coefficient (Wildman–Crippen LogP) is 2.55. The number of methoxy groups -OCH3 is 1. The maximum absolute atomic E-state index is 12.1. The molecule has 2 rings (SSSR count). The van der Waals surface area contributed by atoms with Crippen molar-refractivity contribution >= 4 is 23.8 Å². The Morgan fingerprint density at radius 2 is 2.39 bits per heavy atom. The van der Waals surface area contributed by atoms with Gasteiger partial charge in [0.25, 0.3) is 0 Å². The van der Waals surface area contributed by atoms with Crippen LogP contribution in [-0.4, -0.2) is 24.5 Å². The second-order valence-corrected chi connectivity index (χ2v) is 4.80. The molecule has 0 fully saturated rings. The highest BCUT2D eigenvalue weighted by Crippen LogP contribution is 2.38. The Morgan fingerprint density at radius 1 is 1.61 bits per heavy atom. The lowest BCUT2D eigenvalue weighted by atomic mass is 9.70. The number of carbonyl (C=O) groups is 1. The van der Waals surface area contributed by atoms with Gasteiger partial charge < -0.3 is 9.94 Å². The van der Waals surface area contributed by atoms with Crippen LogP contribution in [0.5, 0.6) is 0 Å². The Balaban J connectivity index is 2.61. The molecule has 0 bridgehead atoms. The number of ether oxygens (including phenoxy) is 1. The summed E-state index contributed by atoms with van der Waals surface area (Å²) in [6.07, 6.45) is 3.49. The number of hydrogen-bond donors (Lipinski definition) is 1. The molecule has 1 aliphatic rings. The fourth-order valence-electron chi connectivity index (χ4n) is 2.58. The molecule has 4 nitrogen and oxygen atoms in total. The smallest absolute Gasteiger partial charge is 0.321 e. The summed E-state index contributed by atoms with van der Waals surface area (Å²) in [6, 6.07) is 5.38. The molecular weight excluding hydrogens is 254 g/mol. The van der Waals surface area contributed by atoms with Gasteiger partial charge in [-0.05, 0) is 42.5 Å². The molecule has 96 valence electrons. The van der Waals surface area contributed by atoms with Crippen LogP contribution in [0.25, 0.3) is 0 Å². The Morgan fingerprint density at radius 3 is 3.06 bits per heavy atom. The molecule has 1 atom stereocenters. The van der Waals surface area contributed by atoms with Gasteiger partial charge in [0.15, 0.2) is 0 Å². The fraction of sp³-hybridized carbons (Fsp3) is 0.385. The van der Waals surface area contributed by atoms with Crippen molar-refractivity contribution in [2.75, 3.05) is 7.11 Å². The normalized spacial score (nSPS) is 22.8. The highest BCUT2D eigenvalue weighted by atomic mass is 35.5. The summed E-state index contributed by atoms with van der Waals surface area (Å²) < 4.78 is 4.86. The van der Waals surface area contributed by atoms with Crippen molar-refractivity contribution in [3.63, 3.8) is 0 Å². The SMILES string of the molecule is COC(=O)[C@@]1(C=NO)CCCc2cc(Cl)ccc21. The second-order valence-electron chi connectivity index (χ2n) is 4.36. The first kappa shape index (κ1) is 12.9. The maximum Gasteiger partial charge on any atom is 0.321 e. The maximum atomic E-state index is 12.1. The molecule has 0 saturated carbocycles. The molecule has 1 aromatic rings. The zero-order valence-corrected chi connectivity index (χ0v) is 10.8. The first-order chi connectivity index (χ1) is 8.64. The quantitative estimate of drug-likeness (QED) is 0.388. The van der Waals surface area contributed by atoms with Crippen LogP contribution in [0.1, 0.15) is 24.0 Å². The van der Waals surface area contributed by atoms with Crippen molar-refractivity contribution in [3.8, 4) is 0 Å². The van der Waals surface area contributed by atoms with E-state index in [0.717, 1.165) is 24.0 Å². The van der Waals surface area contributed by atoms with Crippen LogP contribution in [0.2, 0.25) is 5.02 Å². The second kappa shape index (κ2) is 4.98. The molecule has 5 heteroatoms. The number of fused-ring (bicyclic) bond motifs is 1. The lowest BCUT2D eigenvalue weighted by Crippen LogP contribution is -2.41. The minimum Gasteiger partial charge on any atom is -0.468 e. The zero-order chi connectivity index (χ0) is 13.2. The van der Waals surface area contributed by atoms with E-state index >= 15 is 0 Å². The first-order valence-electron chi connectivity index (χ1n) is 5.70. The number of benzene rings is 1. The summed E-state index contributed by atoms with van der Waals surface area (Å²) in [5.74, 6) is -0.413. The Hall–Kier alpha value is -1.55. The summed E-state index contributed by atoms with van der Waals surface area (Å²) in [4.78, 5) is 12.1. The predicted molar refractivity (Wildman–Crippen MR) is 68.4 cm³/mol. The van der Waals surface area contributed by atoms with Gasteiger partial charge in [0.2, 0.25) is 0 Å². The van der Waals surface area contributed by atoms with E-state index in [9.17, 15) is 4.79 Å². The van der Waals surface area contributed by atoms with Crippen LogP contribution in [0.4, 0.5) is 0 Å². The third kappa shape index (κ3) is 1.97. The van der Waals surface area contributed by atoms with Crippen LogP contribution >= 0.6 is 11.6 Å². The van der Waals surface area contributed by atoms with E-state index in [-0.39, 0.29) is 0 Å². The van der Waals surface area contributed by atoms with E-state index in [1.54, 1.807) is 12.1 Å². The van der Waals surface area contributed by atoms with Crippen LogP contribution in [0.3, 0.4) is 0 Å². The lowest BCUT2D eigenvalue weighted by Gasteiger charge is -2.33. The fourth-order valence-corrected chi connectivity index (χ4v) is 2.77. The molecule has 1 aliphatic carbocycles. The average molecular weight is 268 g/mol. The third-order valence-corrected chi connectivity index (χ3v) is 3.63. The number of esters is 1. The van der Waals surface area contributed by atoms with Crippen molar-refractivity contribution in [2.45, 2.75) is 24.7 Å². The minimum atomic E-state index is -0.998. The standard InChI is InChI=1S/C13H14ClNO3/c1-18-12(16)13(8-15-17)6-2-3-9-7-10(14)4-5-11(9)13/h4-5,7-8,17H,2-3,6H2,1H3/t13-/m1/s1. The van der Waals surface area contributed by atoms with E-state index < -0.39 is 11.4 Å². The third-order valence-electron chi connectivity index (χ3n) is 3.39. The van der Waals surface area contributed by atoms with E-state index in [2.05, 4.69) is 5.16 Å². The van der Waals surface area contributed by atoms with E-state index in [4.69, 9.17) is 21.5 Å². The topological polar surface area (TPSA) is 58.9 Å². The number of rotatable bonds is 2. The molecule has 18 heavy (non-hydrogen) atoms. The van der Waals surface area contributed by atoms with Crippen molar-refractivity contribution in [1.82, 2.24) is 0 Å². The van der Waals surface area contributed by atoms with Gasteiger partial charge in [-0.15, -0.1) is 5.16 Å².